The van der Waals surface area contributed by atoms with E-state index in [9.17, 15) is 4.79 Å². The summed E-state index contributed by atoms with van der Waals surface area (Å²) in [4.78, 5) is 13.4. The van der Waals surface area contributed by atoms with Gasteiger partial charge in [-0.15, -0.1) is 0 Å². The van der Waals surface area contributed by atoms with Gasteiger partial charge < -0.3 is 5.11 Å². The second kappa shape index (κ2) is 3.73. The first-order valence-corrected chi connectivity index (χ1v) is 6.63. The van der Waals surface area contributed by atoms with Crippen LogP contribution in [-0.2, 0) is 4.79 Å². The predicted octanol–water partition coefficient (Wildman–Crippen LogP) is 2.12. The summed E-state index contributed by atoms with van der Waals surface area (Å²) in [7, 11) is 0. The molecule has 0 aromatic heterocycles. The normalized spacial score (nSPS) is 27.1. The number of aliphatic carboxylic acids is 1. The number of carboxylic acid groups (broad SMARTS) is 1. The molecule has 0 unspecified atom stereocenters. The molecule has 0 heterocycles. The van der Waals surface area contributed by atoms with Crippen molar-refractivity contribution in [3.8, 4) is 0 Å². The van der Waals surface area contributed by atoms with Crippen LogP contribution in [0.1, 0.15) is 44.9 Å². The number of carboxylic acids is 1. The average Bonchev–Trinajstić information content (AvgIpc) is 3.06. The highest BCUT2D eigenvalue weighted by molar-refractivity contribution is 5.68. The molecule has 3 aliphatic carbocycles. The van der Waals surface area contributed by atoms with Crippen molar-refractivity contribution in [1.82, 2.24) is 4.90 Å². The van der Waals surface area contributed by atoms with E-state index in [1.807, 2.05) is 0 Å². The van der Waals surface area contributed by atoms with Gasteiger partial charge in [0.2, 0.25) is 0 Å². The lowest BCUT2D eigenvalue weighted by Crippen LogP contribution is -2.35. The van der Waals surface area contributed by atoms with Gasteiger partial charge in [-0.05, 0) is 49.9 Å². The van der Waals surface area contributed by atoms with E-state index in [4.69, 9.17) is 5.11 Å². The van der Waals surface area contributed by atoms with Crippen LogP contribution in [0.15, 0.2) is 0 Å². The van der Waals surface area contributed by atoms with E-state index in [-0.39, 0.29) is 5.41 Å². The molecule has 0 bridgehead atoms. The van der Waals surface area contributed by atoms with Crippen molar-refractivity contribution < 1.29 is 9.90 Å². The van der Waals surface area contributed by atoms with Gasteiger partial charge >= 0.3 is 5.97 Å². The van der Waals surface area contributed by atoms with E-state index in [1.54, 1.807) is 0 Å². The van der Waals surface area contributed by atoms with E-state index in [1.165, 1.54) is 32.2 Å². The molecule has 0 spiro atoms. The van der Waals surface area contributed by atoms with Gasteiger partial charge in [0.1, 0.15) is 0 Å². The van der Waals surface area contributed by atoms with Crippen molar-refractivity contribution in [3.05, 3.63) is 0 Å². The van der Waals surface area contributed by atoms with Crippen LogP contribution in [-0.4, -0.2) is 35.1 Å². The number of rotatable bonds is 7. The molecule has 1 N–H and O–H groups in total. The molecule has 0 atom stereocenters. The second-order valence-electron chi connectivity index (χ2n) is 6.17. The second-order valence-corrected chi connectivity index (χ2v) is 6.17. The lowest BCUT2D eigenvalue weighted by Gasteiger charge is -2.26. The van der Waals surface area contributed by atoms with Gasteiger partial charge in [-0.25, -0.2) is 0 Å². The van der Waals surface area contributed by atoms with Gasteiger partial charge in [-0.1, -0.05) is 0 Å². The Hall–Kier alpha value is -0.570. The minimum Gasteiger partial charge on any atom is -0.481 e. The van der Waals surface area contributed by atoms with Gasteiger partial charge in [0, 0.05) is 19.1 Å². The first kappa shape index (κ1) is 10.6. The highest BCUT2D eigenvalue weighted by Crippen LogP contribution is 2.51. The molecular weight excluding hydrogens is 202 g/mol. The van der Waals surface area contributed by atoms with Crippen molar-refractivity contribution in [3.63, 3.8) is 0 Å². The maximum atomic E-state index is 10.8. The third-order valence-electron chi connectivity index (χ3n) is 4.27. The van der Waals surface area contributed by atoms with E-state index in [2.05, 4.69) is 4.90 Å². The molecule has 0 amide bonds. The highest BCUT2D eigenvalue weighted by Gasteiger charge is 2.48. The fraction of sp³-hybridized carbons (Fsp3) is 0.923. The summed E-state index contributed by atoms with van der Waals surface area (Å²) < 4.78 is 0. The van der Waals surface area contributed by atoms with Crippen LogP contribution in [0.5, 0.6) is 0 Å². The number of hydrogen-bond acceptors (Lipinski definition) is 2. The molecule has 3 fully saturated rings. The molecule has 3 nitrogen and oxygen atoms in total. The Morgan fingerprint density at radius 2 is 1.94 bits per heavy atom. The quantitative estimate of drug-likeness (QED) is 0.718. The summed E-state index contributed by atoms with van der Waals surface area (Å²) >= 11 is 0. The molecule has 16 heavy (non-hydrogen) atoms. The Kier molecular flexibility index (Phi) is 2.46. The van der Waals surface area contributed by atoms with Crippen molar-refractivity contribution in [2.75, 3.05) is 13.1 Å². The molecule has 0 aromatic rings. The fourth-order valence-corrected chi connectivity index (χ4v) is 2.73. The maximum absolute atomic E-state index is 10.8. The number of carbonyl (C=O) groups is 1. The zero-order chi connectivity index (χ0) is 11.2. The Morgan fingerprint density at radius 3 is 2.38 bits per heavy atom. The van der Waals surface area contributed by atoms with E-state index < -0.39 is 5.97 Å². The standard InChI is InChI=1S/C13H21NO2/c15-12(16)7-13(5-6-13)9-14(11-3-4-11)8-10-1-2-10/h10-11H,1-9H2,(H,15,16). The first-order chi connectivity index (χ1) is 7.67. The number of nitrogens with zero attached hydrogens (tertiary/aromatic N) is 1. The third-order valence-corrected chi connectivity index (χ3v) is 4.27. The lowest BCUT2D eigenvalue weighted by atomic mass is 10.0. The van der Waals surface area contributed by atoms with Crippen LogP contribution in [0, 0.1) is 11.3 Å². The Labute approximate surface area is 96.8 Å². The molecule has 3 heteroatoms. The molecule has 3 saturated carbocycles. The smallest absolute Gasteiger partial charge is 0.303 e. The van der Waals surface area contributed by atoms with Gasteiger partial charge in [-0.3, -0.25) is 9.69 Å². The SMILES string of the molecule is O=C(O)CC1(CN(CC2CC2)C2CC2)CC1. The molecule has 90 valence electrons. The monoisotopic (exact) mass is 223 g/mol. The fourth-order valence-electron chi connectivity index (χ4n) is 2.73. The Morgan fingerprint density at radius 1 is 1.25 bits per heavy atom. The van der Waals surface area contributed by atoms with Crippen LogP contribution in [0.2, 0.25) is 0 Å². The Bertz CT molecular complexity index is 290. The van der Waals surface area contributed by atoms with E-state index in [0.29, 0.717) is 6.42 Å². The molecule has 0 radical (unpaired) electrons. The molecule has 3 rings (SSSR count). The van der Waals surface area contributed by atoms with Crippen LogP contribution >= 0.6 is 0 Å². The molecule has 3 aliphatic rings. The minimum absolute atomic E-state index is 0.156. The van der Waals surface area contributed by atoms with Gasteiger partial charge in [0.15, 0.2) is 0 Å². The molecule has 0 aliphatic heterocycles. The minimum atomic E-state index is -0.611. The average molecular weight is 223 g/mol. The molecule has 0 aromatic carbocycles. The van der Waals surface area contributed by atoms with E-state index >= 15 is 0 Å². The van der Waals surface area contributed by atoms with Crippen LogP contribution in [0.25, 0.3) is 0 Å². The number of hydrogen-bond donors (Lipinski definition) is 1. The zero-order valence-corrected chi connectivity index (χ0v) is 9.82. The van der Waals surface area contributed by atoms with Gasteiger partial charge in [-0.2, -0.15) is 0 Å². The summed E-state index contributed by atoms with van der Waals surface area (Å²) in [6.07, 6.45) is 8.14. The van der Waals surface area contributed by atoms with Crippen molar-refractivity contribution in [2.45, 2.75) is 51.0 Å². The lowest BCUT2D eigenvalue weighted by molar-refractivity contribution is -0.138. The topological polar surface area (TPSA) is 40.5 Å². The summed E-state index contributed by atoms with van der Waals surface area (Å²) in [5.74, 6) is 0.320. The third kappa shape index (κ3) is 2.57. The Balaban J connectivity index is 1.55. The van der Waals surface area contributed by atoms with Crippen molar-refractivity contribution in [1.29, 1.82) is 0 Å². The predicted molar refractivity (Wildman–Crippen MR) is 61.2 cm³/mol. The largest absolute Gasteiger partial charge is 0.481 e. The van der Waals surface area contributed by atoms with Gasteiger partial charge in [0.25, 0.3) is 0 Å². The zero-order valence-electron chi connectivity index (χ0n) is 9.82. The highest BCUT2D eigenvalue weighted by atomic mass is 16.4. The molecular formula is C13H21NO2. The summed E-state index contributed by atoms with van der Waals surface area (Å²) in [5, 5.41) is 8.93. The van der Waals surface area contributed by atoms with Crippen molar-refractivity contribution in [2.24, 2.45) is 11.3 Å². The van der Waals surface area contributed by atoms with Crippen LogP contribution in [0.4, 0.5) is 0 Å². The maximum Gasteiger partial charge on any atom is 0.303 e. The summed E-state index contributed by atoms with van der Waals surface area (Å²) in [6, 6.07) is 0.798. The molecule has 0 saturated heterocycles. The van der Waals surface area contributed by atoms with Crippen LogP contribution < -0.4 is 0 Å². The van der Waals surface area contributed by atoms with Gasteiger partial charge in [0.05, 0.1) is 6.42 Å². The first-order valence-electron chi connectivity index (χ1n) is 6.63. The summed E-state index contributed by atoms with van der Waals surface area (Å²) in [6.45, 7) is 2.30. The van der Waals surface area contributed by atoms with E-state index in [0.717, 1.165) is 31.3 Å². The summed E-state index contributed by atoms with van der Waals surface area (Å²) in [5.41, 5.74) is 0.156. The van der Waals surface area contributed by atoms with Crippen molar-refractivity contribution >= 4 is 5.97 Å². The van der Waals surface area contributed by atoms with Crippen LogP contribution in [0.3, 0.4) is 0 Å².